The summed E-state index contributed by atoms with van der Waals surface area (Å²) in [6.45, 7) is 0.710. The van der Waals surface area contributed by atoms with Crippen LogP contribution in [-0.2, 0) is 9.53 Å². The second-order valence-electron chi connectivity index (χ2n) is 3.87. The standard InChI is InChI=1S/C11H10BrClF3NO2/c1-10(9(18)19-2,11(14,15)16)17-6-3-4-8(13)7(12)5-6/h3-5,17H,1-2H3. The molecule has 1 atom stereocenters. The van der Waals surface area contributed by atoms with Gasteiger partial charge in [-0.25, -0.2) is 4.79 Å². The Morgan fingerprint density at radius 2 is 2.00 bits per heavy atom. The number of hydrogen-bond donors (Lipinski definition) is 1. The average Bonchev–Trinajstić information content (AvgIpc) is 2.31. The van der Waals surface area contributed by atoms with E-state index < -0.39 is 17.7 Å². The molecule has 0 aliphatic rings. The largest absolute Gasteiger partial charge is 0.467 e. The molecule has 0 aliphatic carbocycles. The number of halogens is 5. The van der Waals surface area contributed by atoms with Crippen LogP contribution in [0.1, 0.15) is 6.92 Å². The molecule has 1 unspecified atom stereocenters. The molecular weight excluding hydrogens is 350 g/mol. The predicted molar refractivity (Wildman–Crippen MR) is 69.3 cm³/mol. The quantitative estimate of drug-likeness (QED) is 0.828. The lowest BCUT2D eigenvalue weighted by Crippen LogP contribution is -2.56. The number of nitrogens with one attached hydrogen (secondary N) is 1. The smallest absolute Gasteiger partial charge is 0.422 e. The molecule has 106 valence electrons. The zero-order valence-corrected chi connectivity index (χ0v) is 12.3. The molecule has 0 saturated heterocycles. The highest BCUT2D eigenvalue weighted by Crippen LogP contribution is 2.35. The summed E-state index contributed by atoms with van der Waals surface area (Å²) in [5.41, 5.74) is -2.75. The Morgan fingerprint density at radius 3 is 2.42 bits per heavy atom. The monoisotopic (exact) mass is 359 g/mol. The summed E-state index contributed by atoms with van der Waals surface area (Å²) in [6.07, 6.45) is -4.81. The normalized spacial score (nSPS) is 14.7. The molecule has 1 rings (SSSR count). The maximum atomic E-state index is 13.0. The number of carbonyl (C=O) groups excluding carboxylic acids is 1. The summed E-state index contributed by atoms with van der Waals surface area (Å²) in [6, 6.07) is 4.08. The van der Waals surface area contributed by atoms with E-state index >= 15 is 0 Å². The van der Waals surface area contributed by atoms with Gasteiger partial charge in [0.2, 0.25) is 5.54 Å². The van der Waals surface area contributed by atoms with Gasteiger partial charge in [0, 0.05) is 10.2 Å². The highest BCUT2D eigenvalue weighted by Gasteiger charge is 2.58. The van der Waals surface area contributed by atoms with Gasteiger partial charge < -0.3 is 10.1 Å². The molecular formula is C11H10BrClF3NO2. The predicted octanol–water partition coefficient (Wildman–Crippen LogP) is 4.01. The maximum Gasteiger partial charge on any atom is 0.422 e. The van der Waals surface area contributed by atoms with Gasteiger partial charge in [-0.3, -0.25) is 0 Å². The fraction of sp³-hybridized carbons (Fsp3) is 0.364. The summed E-state index contributed by atoms with van der Waals surface area (Å²) in [5.74, 6) is -1.42. The third kappa shape index (κ3) is 3.33. The lowest BCUT2D eigenvalue weighted by Gasteiger charge is -2.31. The second-order valence-corrected chi connectivity index (χ2v) is 5.13. The summed E-state index contributed by atoms with van der Waals surface area (Å²) < 4.78 is 43.6. The van der Waals surface area contributed by atoms with E-state index in [4.69, 9.17) is 11.6 Å². The van der Waals surface area contributed by atoms with Gasteiger partial charge in [0.25, 0.3) is 0 Å². The lowest BCUT2D eigenvalue weighted by molar-refractivity contribution is -0.195. The van der Waals surface area contributed by atoms with Gasteiger partial charge >= 0.3 is 12.1 Å². The van der Waals surface area contributed by atoms with Crippen LogP contribution in [0.15, 0.2) is 22.7 Å². The Labute approximate surface area is 121 Å². The van der Waals surface area contributed by atoms with Gasteiger partial charge in [-0.15, -0.1) is 0 Å². The van der Waals surface area contributed by atoms with Crippen LogP contribution in [0.4, 0.5) is 18.9 Å². The topological polar surface area (TPSA) is 38.3 Å². The van der Waals surface area contributed by atoms with Crippen molar-refractivity contribution in [3.05, 3.63) is 27.7 Å². The molecule has 0 aliphatic heterocycles. The Balaban J connectivity index is 3.15. The molecule has 0 bridgehead atoms. The van der Waals surface area contributed by atoms with E-state index in [1.54, 1.807) is 0 Å². The van der Waals surface area contributed by atoms with Gasteiger partial charge in [0.1, 0.15) is 0 Å². The Kier molecular flexibility index (Phi) is 4.73. The van der Waals surface area contributed by atoms with Crippen LogP contribution >= 0.6 is 27.5 Å². The van der Waals surface area contributed by atoms with E-state index in [-0.39, 0.29) is 5.69 Å². The minimum Gasteiger partial charge on any atom is -0.467 e. The third-order valence-electron chi connectivity index (χ3n) is 2.47. The molecule has 0 amide bonds. The number of methoxy groups -OCH3 is 1. The number of hydrogen-bond acceptors (Lipinski definition) is 3. The number of ether oxygens (including phenoxy) is 1. The molecule has 0 radical (unpaired) electrons. The van der Waals surface area contributed by atoms with E-state index in [0.717, 1.165) is 7.11 Å². The van der Waals surface area contributed by atoms with Crippen LogP contribution in [0.25, 0.3) is 0 Å². The van der Waals surface area contributed by atoms with Gasteiger partial charge in [0.05, 0.1) is 12.1 Å². The van der Waals surface area contributed by atoms with Crippen molar-refractivity contribution in [2.45, 2.75) is 18.6 Å². The van der Waals surface area contributed by atoms with Crippen LogP contribution in [0.2, 0.25) is 5.02 Å². The van der Waals surface area contributed by atoms with E-state index in [1.165, 1.54) is 18.2 Å². The van der Waals surface area contributed by atoms with Gasteiger partial charge in [-0.2, -0.15) is 13.2 Å². The van der Waals surface area contributed by atoms with Gasteiger partial charge in [-0.05, 0) is 41.1 Å². The molecule has 3 nitrogen and oxygen atoms in total. The van der Waals surface area contributed by atoms with Crippen molar-refractivity contribution in [3.63, 3.8) is 0 Å². The summed E-state index contributed by atoms with van der Waals surface area (Å²) in [4.78, 5) is 11.4. The molecule has 19 heavy (non-hydrogen) atoms. The molecule has 1 aromatic carbocycles. The Morgan fingerprint density at radius 1 is 1.42 bits per heavy atom. The molecule has 1 aromatic rings. The number of anilines is 1. The maximum absolute atomic E-state index is 13.0. The summed E-state index contributed by atoms with van der Waals surface area (Å²) in [5, 5.41) is 2.47. The fourth-order valence-electron chi connectivity index (χ4n) is 1.30. The first-order valence-corrected chi connectivity index (χ1v) is 6.17. The molecule has 0 heterocycles. The lowest BCUT2D eigenvalue weighted by atomic mass is 10.0. The van der Waals surface area contributed by atoms with Gasteiger partial charge in [0.15, 0.2) is 0 Å². The molecule has 0 spiro atoms. The van der Waals surface area contributed by atoms with Crippen LogP contribution in [-0.4, -0.2) is 24.8 Å². The van der Waals surface area contributed by atoms with E-state index in [0.29, 0.717) is 16.4 Å². The van der Waals surface area contributed by atoms with Crippen LogP contribution < -0.4 is 5.32 Å². The SMILES string of the molecule is COC(=O)C(C)(Nc1ccc(Cl)c(Br)c1)C(F)(F)F. The minimum atomic E-state index is -4.81. The summed E-state index contributed by atoms with van der Waals surface area (Å²) >= 11 is 8.83. The van der Waals surface area contributed by atoms with Gasteiger partial charge in [-0.1, -0.05) is 11.6 Å². The molecule has 1 N–H and O–H groups in total. The zero-order chi connectivity index (χ0) is 14.8. The molecule has 0 fully saturated rings. The van der Waals surface area contributed by atoms with E-state index in [1.807, 2.05) is 0 Å². The fourth-order valence-corrected chi connectivity index (χ4v) is 1.80. The molecule has 0 aromatic heterocycles. The van der Waals surface area contributed by atoms with Crippen molar-refractivity contribution < 1.29 is 22.7 Å². The third-order valence-corrected chi connectivity index (χ3v) is 3.69. The van der Waals surface area contributed by atoms with Crippen LogP contribution in [0.5, 0.6) is 0 Å². The van der Waals surface area contributed by atoms with E-state index in [9.17, 15) is 18.0 Å². The van der Waals surface area contributed by atoms with E-state index in [2.05, 4.69) is 26.0 Å². The average molecular weight is 361 g/mol. The van der Waals surface area contributed by atoms with Crippen molar-refractivity contribution in [2.24, 2.45) is 0 Å². The molecule has 8 heteroatoms. The summed E-state index contributed by atoms with van der Waals surface area (Å²) in [7, 11) is 0.895. The second kappa shape index (κ2) is 5.58. The number of rotatable bonds is 3. The van der Waals surface area contributed by atoms with Crippen molar-refractivity contribution in [3.8, 4) is 0 Å². The number of benzene rings is 1. The van der Waals surface area contributed by atoms with Crippen molar-refractivity contribution in [1.82, 2.24) is 0 Å². The first-order chi connectivity index (χ1) is 8.61. The van der Waals surface area contributed by atoms with Crippen LogP contribution in [0.3, 0.4) is 0 Å². The number of carbonyl (C=O) groups is 1. The Bertz CT molecular complexity index is 495. The van der Waals surface area contributed by atoms with Crippen molar-refractivity contribution in [1.29, 1.82) is 0 Å². The number of alkyl halides is 3. The zero-order valence-electron chi connectivity index (χ0n) is 9.94. The molecule has 0 saturated carbocycles. The minimum absolute atomic E-state index is 0.0847. The van der Waals surface area contributed by atoms with Crippen LogP contribution in [0, 0.1) is 0 Å². The Hall–Kier alpha value is -0.950. The number of esters is 1. The first-order valence-electron chi connectivity index (χ1n) is 5.00. The first kappa shape index (κ1) is 16.1. The highest BCUT2D eigenvalue weighted by atomic mass is 79.9. The van der Waals surface area contributed by atoms with Crippen molar-refractivity contribution >= 4 is 39.2 Å². The van der Waals surface area contributed by atoms with Crippen molar-refractivity contribution in [2.75, 3.05) is 12.4 Å². The highest BCUT2D eigenvalue weighted by molar-refractivity contribution is 9.10.